The number of carbonyl (C=O) groups is 2. The zero-order valence-corrected chi connectivity index (χ0v) is 11.0. The second kappa shape index (κ2) is 7.38. The van der Waals surface area contributed by atoms with E-state index in [0.29, 0.717) is 6.54 Å². The van der Waals surface area contributed by atoms with Gasteiger partial charge in [-0.2, -0.15) is 11.8 Å². The standard InChI is InChI=1S/C10H20N2O3S/c1-7(2)8(9(13)14)11-10(15)12(3)5-6-16-4/h7-8H,5-6H2,1-4H3,(H,11,15)(H,13,14)/t8-/m1/s1. The SMILES string of the molecule is CSCCN(C)C(=O)N[C@@H](C(=O)O)C(C)C. The van der Waals surface area contributed by atoms with Gasteiger partial charge in [-0.15, -0.1) is 0 Å². The summed E-state index contributed by atoms with van der Waals surface area (Å²) in [5.41, 5.74) is 0. The van der Waals surface area contributed by atoms with Crippen LogP contribution in [0.25, 0.3) is 0 Å². The van der Waals surface area contributed by atoms with E-state index in [1.165, 1.54) is 4.90 Å². The fraction of sp³-hybridized carbons (Fsp3) is 0.800. The Morgan fingerprint density at radius 1 is 1.44 bits per heavy atom. The fourth-order valence-electron chi connectivity index (χ4n) is 1.09. The van der Waals surface area contributed by atoms with Crippen LogP contribution in [-0.4, -0.2) is 53.6 Å². The molecule has 0 saturated carbocycles. The van der Waals surface area contributed by atoms with E-state index in [-0.39, 0.29) is 11.9 Å². The highest BCUT2D eigenvalue weighted by molar-refractivity contribution is 7.98. The number of carbonyl (C=O) groups excluding carboxylic acids is 1. The molecule has 0 aromatic rings. The van der Waals surface area contributed by atoms with E-state index in [4.69, 9.17) is 5.11 Å². The molecule has 2 N–H and O–H groups in total. The van der Waals surface area contributed by atoms with Gasteiger partial charge in [0.1, 0.15) is 6.04 Å². The Labute approximate surface area is 101 Å². The van der Waals surface area contributed by atoms with Crippen molar-refractivity contribution in [3.05, 3.63) is 0 Å². The molecular weight excluding hydrogens is 228 g/mol. The maximum Gasteiger partial charge on any atom is 0.326 e. The van der Waals surface area contributed by atoms with Gasteiger partial charge in [-0.3, -0.25) is 0 Å². The zero-order chi connectivity index (χ0) is 12.7. The van der Waals surface area contributed by atoms with Gasteiger partial charge in [-0.1, -0.05) is 13.8 Å². The molecule has 0 spiro atoms. The minimum Gasteiger partial charge on any atom is -0.480 e. The van der Waals surface area contributed by atoms with Gasteiger partial charge in [0.05, 0.1) is 0 Å². The Morgan fingerprint density at radius 2 is 2.00 bits per heavy atom. The average molecular weight is 248 g/mol. The van der Waals surface area contributed by atoms with Crippen molar-refractivity contribution in [1.82, 2.24) is 10.2 Å². The van der Waals surface area contributed by atoms with Crippen molar-refractivity contribution in [1.29, 1.82) is 0 Å². The van der Waals surface area contributed by atoms with Crippen molar-refractivity contribution < 1.29 is 14.7 Å². The van der Waals surface area contributed by atoms with Crippen LogP contribution in [0.5, 0.6) is 0 Å². The normalized spacial score (nSPS) is 12.3. The molecule has 0 aliphatic rings. The van der Waals surface area contributed by atoms with Crippen molar-refractivity contribution in [3.8, 4) is 0 Å². The number of carboxylic acid groups (broad SMARTS) is 1. The minimum absolute atomic E-state index is 0.129. The Kier molecular flexibility index (Phi) is 6.96. The van der Waals surface area contributed by atoms with Gasteiger partial charge < -0.3 is 15.3 Å². The van der Waals surface area contributed by atoms with Crippen molar-refractivity contribution in [2.24, 2.45) is 5.92 Å². The summed E-state index contributed by atoms with van der Waals surface area (Å²) in [5.74, 6) is -0.291. The third-order valence-corrected chi connectivity index (χ3v) is 2.78. The molecule has 94 valence electrons. The lowest BCUT2D eigenvalue weighted by Crippen LogP contribution is -2.49. The number of carboxylic acids is 1. The first-order chi connectivity index (χ1) is 7.40. The summed E-state index contributed by atoms with van der Waals surface area (Å²) in [6.07, 6.45) is 1.96. The van der Waals surface area contributed by atoms with E-state index in [1.807, 2.05) is 6.26 Å². The minimum atomic E-state index is -0.999. The molecule has 0 heterocycles. The first kappa shape index (κ1) is 15.1. The highest BCUT2D eigenvalue weighted by Gasteiger charge is 2.24. The molecule has 0 saturated heterocycles. The molecule has 0 bridgehead atoms. The number of hydrogen-bond acceptors (Lipinski definition) is 3. The summed E-state index contributed by atoms with van der Waals surface area (Å²) < 4.78 is 0. The molecular formula is C10H20N2O3S. The van der Waals surface area contributed by atoms with Crippen LogP contribution < -0.4 is 5.32 Å². The Balaban J connectivity index is 4.24. The lowest BCUT2D eigenvalue weighted by molar-refractivity contribution is -0.140. The van der Waals surface area contributed by atoms with Crippen molar-refractivity contribution in [2.75, 3.05) is 25.6 Å². The van der Waals surface area contributed by atoms with Crippen molar-refractivity contribution >= 4 is 23.8 Å². The lowest BCUT2D eigenvalue weighted by atomic mass is 10.1. The molecule has 2 amide bonds. The van der Waals surface area contributed by atoms with E-state index >= 15 is 0 Å². The Bertz CT molecular complexity index is 246. The van der Waals surface area contributed by atoms with Crippen LogP contribution in [0.4, 0.5) is 4.79 Å². The molecule has 0 rings (SSSR count). The van der Waals surface area contributed by atoms with Gasteiger partial charge in [0.15, 0.2) is 0 Å². The number of thioether (sulfide) groups is 1. The van der Waals surface area contributed by atoms with Gasteiger partial charge in [-0.25, -0.2) is 9.59 Å². The molecule has 0 unspecified atom stereocenters. The zero-order valence-electron chi connectivity index (χ0n) is 10.2. The molecule has 6 heteroatoms. The van der Waals surface area contributed by atoms with Crippen LogP contribution in [0.1, 0.15) is 13.8 Å². The van der Waals surface area contributed by atoms with Gasteiger partial charge in [-0.05, 0) is 12.2 Å². The molecule has 0 aromatic carbocycles. The lowest BCUT2D eigenvalue weighted by Gasteiger charge is -2.23. The average Bonchev–Trinajstić information content (AvgIpc) is 2.20. The summed E-state index contributed by atoms with van der Waals surface area (Å²) in [5, 5.41) is 11.4. The van der Waals surface area contributed by atoms with Crippen molar-refractivity contribution in [3.63, 3.8) is 0 Å². The molecule has 0 aromatic heterocycles. The van der Waals surface area contributed by atoms with E-state index in [2.05, 4.69) is 5.32 Å². The fourth-order valence-corrected chi connectivity index (χ4v) is 1.54. The van der Waals surface area contributed by atoms with E-state index < -0.39 is 12.0 Å². The number of aliphatic carboxylic acids is 1. The number of nitrogens with one attached hydrogen (secondary N) is 1. The van der Waals surface area contributed by atoms with E-state index in [0.717, 1.165) is 5.75 Å². The van der Waals surface area contributed by atoms with Gasteiger partial charge >= 0.3 is 12.0 Å². The van der Waals surface area contributed by atoms with Gasteiger partial charge in [0, 0.05) is 19.3 Å². The highest BCUT2D eigenvalue weighted by atomic mass is 32.2. The van der Waals surface area contributed by atoms with E-state index in [1.54, 1.807) is 32.7 Å². The van der Waals surface area contributed by atoms with Gasteiger partial charge in [0.2, 0.25) is 0 Å². The number of amides is 2. The summed E-state index contributed by atoms with van der Waals surface area (Å²) in [4.78, 5) is 24.0. The summed E-state index contributed by atoms with van der Waals surface area (Å²) in [6.45, 7) is 4.14. The second-order valence-corrected chi connectivity index (χ2v) is 4.91. The summed E-state index contributed by atoms with van der Waals surface area (Å²) >= 11 is 1.64. The first-order valence-corrected chi connectivity index (χ1v) is 6.53. The number of urea groups is 1. The Hall–Kier alpha value is -0.910. The van der Waals surface area contributed by atoms with Crippen molar-refractivity contribution in [2.45, 2.75) is 19.9 Å². The Morgan fingerprint density at radius 3 is 2.38 bits per heavy atom. The maximum atomic E-state index is 11.6. The molecule has 0 aliphatic heterocycles. The van der Waals surface area contributed by atoms with Crippen LogP contribution in [0.15, 0.2) is 0 Å². The van der Waals surface area contributed by atoms with Crippen LogP contribution in [0.3, 0.4) is 0 Å². The molecule has 5 nitrogen and oxygen atoms in total. The summed E-state index contributed by atoms with van der Waals surface area (Å²) in [7, 11) is 1.66. The molecule has 0 radical (unpaired) electrons. The first-order valence-electron chi connectivity index (χ1n) is 5.13. The smallest absolute Gasteiger partial charge is 0.326 e. The van der Waals surface area contributed by atoms with Crippen LogP contribution in [0.2, 0.25) is 0 Å². The van der Waals surface area contributed by atoms with Crippen LogP contribution >= 0.6 is 11.8 Å². The number of nitrogens with zero attached hydrogens (tertiary/aromatic N) is 1. The number of hydrogen-bond donors (Lipinski definition) is 2. The third-order valence-electron chi connectivity index (χ3n) is 2.19. The second-order valence-electron chi connectivity index (χ2n) is 3.92. The molecule has 16 heavy (non-hydrogen) atoms. The quantitative estimate of drug-likeness (QED) is 0.738. The maximum absolute atomic E-state index is 11.6. The monoisotopic (exact) mass is 248 g/mol. The third kappa shape index (κ3) is 5.25. The van der Waals surface area contributed by atoms with E-state index in [9.17, 15) is 9.59 Å². The molecule has 0 fully saturated rings. The van der Waals surface area contributed by atoms with Crippen LogP contribution in [-0.2, 0) is 4.79 Å². The summed E-state index contributed by atoms with van der Waals surface area (Å²) in [6, 6.07) is -1.17. The predicted octanol–water partition coefficient (Wildman–Crippen LogP) is 1.10. The number of rotatable bonds is 6. The molecule has 0 aliphatic carbocycles. The van der Waals surface area contributed by atoms with Gasteiger partial charge in [0.25, 0.3) is 0 Å². The largest absolute Gasteiger partial charge is 0.480 e. The predicted molar refractivity (Wildman–Crippen MR) is 65.8 cm³/mol. The van der Waals surface area contributed by atoms with Crippen LogP contribution in [0, 0.1) is 5.92 Å². The molecule has 1 atom stereocenters. The topological polar surface area (TPSA) is 69.6 Å². The highest BCUT2D eigenvalue weighted by Crippen LogP contribution is 2.03.